The van der Waals surface area contributed by atoms with Gasteiger partial charge < -0.3 is 29.0 Å². The highest BCUT2D eigenvalue weighted by atomic mass is 32.1. The number of nitrogens with one attached hydrogen (secondary N) is 1. The van der Waals surface area contributed by atoms with E-state index in [1.54, 1.807) is 21.3 Å². The molecule has 2 aromatic carbocycles. The number of benzene rings is 2. The minimum absolute atomic E-state index is 0.245. The average Bonchev–Trinajstić information content (AvgIpc) is 3.37. The van der Waals surface area contributed by atoms with Crippen molar-refractivity contribution in [2.45, 2.75) is 32.7 Å². The second-order valence-electron chi connectivity index (χ2n) is 8.15. The highest BCUT2D eigenvalue weighted by Gasteiger charge is 2.34. The van der Waals surface area contributed by atoms with Crippen LogP contribution >= 0.6 is 12.2 Å². The van der Waals surface area contributed by atoms with E-state index < -0.39 is 0 Å². The number of rotatable bonds is 9. The van der Waals surface area contributed by atoms with Gasteiger partial charge in [-0.3, -0.25) is 0 Å². The van der Waals surface area contributed by atoms with Gasteiger partial charge in [-0.15, -0.1) is 0 Å². The number of aromatic nitrogens is 2. The zero-order valence-electron chi connectivity index (χ0n) is 20.6. The lowest BCUT2D eigenvalue weighted by Gasteiger charge is -2.37. The molecule has 0 saturated heterocycles. The van der Waals surface area contributed by atoms with E-state index >= 15 is 0 Å². The van der Waals surface area contributed by atoms with E-state index in [-0.39, 0.29) is 6.04 Å². The van der Waals surface area contributed by atoms with E-state index in [2.05, 4.69) is 29.2 Å². The number of unbranched alkanes of at least 4 members (excludes halogenated alkanes) is 1. The predicted molar refractivity (Wildman–Crippen MR) is 139 cm³/mol. The summed E-state index contributed by atoms with van der Waals surface area (Å²) in [6.07, 6.45) is 2.08. The van der Waals surface area contributed by atoms with E-state index in [9.17, 15) is 0 Å². The van der Waals surface area contributed by atoms with Gasteiger partial charge in [0.15, 0.2) is 16.6 Å². The molecule has 0 fully saturated rings. The van der Waals surface area contributed by atoms with E-state index in [4.69, 9.17) is 35.9 Å². The Morgan fingerprint density at radius 3 is 2.43 bits per heavy atom. The highest BCUT2D eigenvalue weighted by molar-refractivity contribution is 7.80. The molecule has 1 aliphatic rings. The molecule has 184 valence electrons. The first-order valence-electron chi connectivity index (χ1n) is 11.5. The van der Waals surface area contributed by atoms with Gasteiger partial charge in [-0.1, -0.05) is 30.6 Å². The molecular weight excluding hydrogens is 464 g/mol. The number of allylic oxidation sites excluding steroid dienone is 1. The lowest BCUT2D eigenvalue weighted by molar-refractivity contribution is 0.355. The molecule has 0 saturated carbocycles. The van der Waals surface area contributed by atoms with Gasteiger partial charge in [0, 0.05) is 17.8 Å². The number of hydrogen-bond acceptors (Lipinski definition) is 7. The van der Waals surface area contributed by atoms with Crippen molar-refractivity contribution in [3.8, 4) is 28.6 Å². The fourth-order valence-electron chi connectivity index (χ4n) is 4.12. The third kappa shape index (κ3) is 4.95. The van der Waals surface area contributed by atoms with Crippen LogP contribution in [-0.2, 0) is 0 Å². The molecule has 0 amide bonds. The van der Waals surface area contributed by atoms with E-state index in [0.717, 1.165) is 47.5 Å². The number of hydrogen-bond donors (Lipinski definition) is 1. The van der Waals surface area contributed by atoms with Crippen LogP contribution in [0.5, 0.6) is 17.2 Å². The molecule has 1 atom stereocenters. The Labute approximate surface area is 210 Å². The molecule has 0 radical (unpaired) electrons. The molecule has 3 aromatic rings. The van der Waals surface area contributed by atoms with Crippen molar-refractivity contribution >= 4 is 22.9 Å². The normalized spacial score (nSPS) is 15.7. The lowest BCUT2D eigenvalue weighted by Crippen LogP contribution is -2.46. The first-order chi connectivity index (χ1) is 17.0. The summed E-state index contributed by atoms with van der Waals surface area (Å²) in [6, 6.07) is 13.2. The van der Waals surface area contributed by atoms with Crippen LogP contribution in [0, 0.1) is 0 Å². The Morgan fingerprint density at radius 2 is 1.77 bits per heavy atom. The number of nitrogens with zero attached hydrogens (tertiary/aromatic N) is 3. The minimum Gasteiger partial charge on any atom is -0.497 e. The average molecular weight is 495 g/mol. The summed E-state index contributed by atoms with van der Waals surface area (Å²) < 4.78 is 21.9. The maximum atomic E-state index is 5.82. The Hall–Kier alpha value is -3.59. The standard InChI is InChI=1S/C26H30N4O4S/c1-6-7-14-30-16(2)22(23(27-26(30)35)17-8-11-19(31-3)12-9-17)25-28-24(29-34-25)18-10-13-20(32-4)21(15-18)33-5/h8-13,15,23H,6-7,14H2,1-5H3,(H,27,35). The second-order valence-corrected chi connectivity index (χ2v) is 8.54. The Balaban J connectivity index is 1.77. The van der Waals surface area contributed by atoms with Crippen LogP contribution in [0.2, 0.25) is 0 Å². The van der Waals surface area contributed by atoms with Gasteiger partial charge >= 0.3 is 0 Å². The van der Waals surface area contributed by atoms with Crippen molar-refractivity contribution in [3.05, 3.63) is 59.6 Å². The van der Waals surface area contributed by atoms with Crippen molar-refractivity contribution in [1.29, 1.82) is 0 Å². The van der Waals surface area contributed by atoms with Gasteiger partial charge in [-0.2, -0.15) is 4.98 Å². The van der Waals surface area contributed by atoms with Crippen LogP contribution in [0.3, 0.4) is 0 Å². The number of methoxy groups -OCH3 is 3. The van der Waals surface area contributed by atoms with Crippen molar-refractivity contribution in [1.82, 2.24) is 20.4 Å². The van der Waals surface area contributed by atoms with Gasteiger partial charge in [0.1, 0.15) is 5.75 Å². The summed E-state index contributed by atoms with van der Waals surface area (Å²) in [6.45, 7) is 5.02. The molecule has 0 spiro atoms. The maximum absolute atomic E-state index is 5.82. The fraction of sp³-hybridized carbons (Fsp3) is 0.346. The van der Waals surface area contributed by atoms with Gasteiger partial charge in [0.2, 0.25) is 5.82 Å². The summed E-state index contributed by atoms with van der Waals surface area (Å²) in [5.74, 6) is 2.91. The highest BCUT2D eigenvalue weighted by Crippen LogP contribution is 2.38. The molecule has 9 heteroatoms. The molecule has 1 aromatic heterocycles. The first-order valence-corrected chi connectivity index (χ1v) is 11.9. The minimum atomic E-state index is -0.245. The molecule has 35 heavy (non-hydrogen) atoms. The van der Waals surface area contributed by atoms with Crippen LogP contribution in [0.25, 0.3) is 17.0 Å². The third-order valence-electron chi connectivity index (χ3n) is 6.08. The largest absolute Gasteiger partial charge is 0.497 e. The van der Waals surface area contributed by atoms with Crippen LogP contribution in [0.1, 0.15) is 44.2 Å². The number of thiocarbonyl (C=S) groups is 1. The summed E-state index contributed by atoms with van der Waals surface area (Å²) in [5, 5.41) is 8.44. The molecule has 1 unspecified atom stereocenters. The molecule has 1 N–H and O–H groups in total. The molecule has 0 bridgehead atoms. The summed E-state index contributed by atoms with van der Waals surface area (Å²) in [7, 11) is 4.85. The van der Waals surface area contributed by atoms with Crippen molar-refractivity contribution in [2.24, 2.45) is 0 Å². The monoisotopic (exact) mass is 494 g/mol. The maximum Gasteiger partial charge on any atom is 0.258 e. The third-order valence-corrected chi connectivity index (χ3v) is 6.42. The van der Waals surface area contributed by atoms with Crippen molar-refractivity contribution < 1.29 is 18.7 Å². The quantitative estimate of drug-likeness (QED) is 0.402. The summed E-state index contributed by atoms with van der Waals surface area (Å²) >= 11 is 5.74. The SMILES string of the molecule is CCCCN1C(=S)NC(c2ccc(OC)cc2)C(c2nc(-c3ccc(OC)c(OC)c3)no2)=C1C. The second kappa shape index (κ2) is 10.8. The molecule has 1 aliphatic heterocycles. The summed E-state index contributed by atoms with van der Waals surface area (Å²) in [4.78, 5) is 6.87. The Kier molecular flexibility index (Phi) is 7.55. The van der Waals surface area contributed by atoms with Crippen LogP contribution < -0.4 is 19.5 Å². The van der Waals surface area contributed by atoms with Crippen LogP contribution in [0.4, 0.5) is 0 Å². The molecule has 8 nitrogen and oxygen atoms in total. The molecular formula is C26H30N4O4S. The van der Waals surface area contributed by atoms with Crippen LogP contribution in [0.15, 0.2) is 52.7 Å². The first kappa shape index (κ1) is 24.5. The summed E-state index contributed by atoms with van der Waals surface area (Å²) in [5.41, 5.74) is 3.66. The molecule has 2 heterocycles. The van der Waals surface area contributed by atoms with Crippen LogP contribution in [-0.4, -0.2) is 48.0 Å². The number of ether oxygens (including phenoxy) is 3. The van der Waals surface area contributed by atoms with Crippen molar-refractivity contribution in [3.63, 3.8) is 0 Å². The Morgan fingerprint density at radius 1 is 1.03 bits per heavy atom. The zero-order chi connectivity index (χ0) is 24.9. The smallest absolute Gasteiger partial charge is 0.258 e. The van der Waals surface area contributed by atoms with E-state index in [1.165, 1.54) is 0 Å². The van der Waals surface area contributed by atoms with Gasteiger partial charge in [-0.05, 0) is 61.5 Å². The van der Waals surface area contributed by atoms with Gasteiger partial charge in [-0.25, -0.2) is 0 Å². The molecule has 4 rings (SSSR count). The fourth-order valence-corrected chi connectivity index (χ4v) is 4.46. The van der Waals surface area contributed by atoms with E-state index in [0.29, 0.717) is 28.3 Å². The molecule has 0 aliphatic carbocycles. The lowest BCUT2D eigenvalue weighted by atomic mass is 9.94. The van der Waals surface area contributed by atoms with Crippen molar-refractivity contribution in [2.75, 3.05) is 27.9 Å². The zero-order valence-corrected chi connectivity index (χ0v) is 21.4. The Bertz CT molecular complexity index is 1220. The van der Waals surface area contributed by atoms with E-state index in [1.807, 2.05) is 42.5 Å². The van der Waals surface area contributed by atoms with Gasteiger partial charge in [0.05, 0.1) is 32.9 Å². The topological polar surface area (TPSA) is 81.9 Å². The predicted octanol–water partition coefficient (Wildman–Crippen LogP) is 5.22. The van der Waals surface area contributed by atoms with Gasteiger partial charge in [0.25, 0.3) is 5.89 Å².